The number of fused-ring (bicyclic) bond motifs is 1. The van der Waals surface area contributed by atoms with Crippen LogP contribution < -0.4 is 13.9 Å². The van der Waals surface area contributed by atoms with E-state index in [0.29, 0.717) is 24.7 Å². The lowest BCUT2D eigenvalue weighted by Crippen LogP contribution is -2.38. The van der Waals surface area contributed by atoms with Crippen molar-refractivity contribution >= 4 is 27.3 Å². The molecule has 0 atom stereocenters. The first-order chi connectivity index (χ1) is 12.3. The Morgan fingerprint density at radius 3 is 2.23 bits per heavy atom. The van der Waals surface area contributed by atoms with E-state index in [9.17, 15) is 17.2 Å². The fraction of sp³-hybridized carbons (Fsp3) is 0.333. The first kappa shape index (κ1) is 18.6. The molecule has 0 spiro atoms. The fourth-order valence-electron chi connectivity index (χ4n) is 2.96. The molecule has 5 nitrogen and oxygen atoms in total. The maximum absolute atomic E-state index is 14.3. The quantitative estimate of drug-likeness (QED) is 0.779. The van der Waals surface area contributed by atoms with Gasteiger partial charge >= 0.3 is 10.2 Å². The zero-order valence-corrected chi connectivity index (χ0v) is 15.4. The molecule has 0 aromatic heterocycles. The van der Waals surface area contributed by atoms with Crippen LogP contribution in [0.5, 0.6) is 0 Å². The van der Waals surface area contributed by atoms with Gasteiger partial charge in [0.2, 0.25) is 0 Å². The minimum absolute atomic E-state index is 0.214. The Morgan fingerprint density at radius 2 is 1.62 bits per heavy atom. The van der Waals surface area contributed by atoms with Crippen LogP contribution in [0.2, 0.25) is 0 Å². The van der Waals surface area contributed by atoms with E-state index >= 15 is 0 Å². The van der Waals surface area contributed by atoms with Gasteiger partial charge in [-0.2, -0.15) is 8.42 Å². The largest absolute Gasteiger partial charge is 0.331 e. The van der Waals surface area contributed by atoms with Gasteiger partial charge in [0.15, 0.2) is 11.6 Å². The summed E-state index contributed by atoms with van der Waals surface area (Å²) in [5.74, 6) is -1.85. The van der Waals surface area contributed by atoms with Gasteiger partial charge in [-0.15, -0.1) is 0 Å². The third kappa shape index (κ3) is 3.26. The molecule has 26 heavy (non-hydrogen) atoms. The molecule has 0 fully saturated rings. The van der Waals surface area contributed by atoms with Crippen LogP contribution in [-0.2, 0) is 10.2 Å². The highest BCUT2D eigenvalue weighted by Gasteiger charge is 2.43. The molecule has 8 heteroatoms. The molecule has 1 N–H and O–H groups in total. The molecule has 0 bridgehead atoms. The minimum atomic E-state index is -4.13. The Labute approximate surface area is 152 Å². The molecule has 1 heterocycles. The maximum atomic E-state index is 14.3. The summed E-state index contributed by atoms with van der Waals surface area (Å²) in [7, 11) is -4.13. The van der Waals surface area contributed by atoms with Gasteiger partial charge in [0.25, 0.3) is 0 Å². The first-order valence-electron chi connectivity index (χ1n) is 8.43. The van der Waals surface area contributed by atoms with Crippen molar-refractivity contribution in [3.63, 3.8) is 0 Å². The van der Waals surface area contributed by atoms with Gasteiger partial charge in [-0.25, -0.2) is 13.1 Å². The minimum Gasteiger partial charge on any atom is -0.314 e. The van der Waals surface area contributed by atoms with E-state index in [4.69, 9.17) is 0 Å². The fourth-order valence-corrected chi connectivity index (χ4v) is 4.73. The number of anilines is 3. The van der Waals surface area contributed by atoms with Gasteiger partial charge in [-0.3, -0.25) is 4.31 Å². The lowest BCUT2D eigenvalue weighted by Gasteiger charge is -2.22. The van der Waals surface area contributed by atoms with E-state index < -0.39 is 27.5 Å². The highest BCUT2D eigenvalue weighted by Crippen LogP contribution is 2.46. The highest BCUT2D eigenvalue weighted by molar-refractivity contribution is 7.95. The lowest BCUT2D eigenvalue weighted by atomic mass is 10.2. The normalized spacial score (nSPS) is 15.6. The van der Waals surface area contributed by atoms with Crippen LogP contribution in [0.25, 0.3) is 0 Å². The van der Waals surface area contributed by atoms with Crippen molar-refractivity contribution in [2.45, 2.75) is 26.3 Å². The molecule has 0 aliphatic carbocycles. The van der Waals surface area contributed by atoms with E-state index in [-0.39, 0.29) is 12.2 Å². The molecular weight excluding hydrogens is 360 g/mol. The number of benzene rings is 2. The topological polar surface area (TPSA) is 52.6 Å². The number of hydrogen-bond acceptors (Lipinski definition) is 3. The molecular formula is C18H21F2N3O2S. The SMILES string of the molecule is CC(C)NCCCN1c2ccccc2N(c2c(F)cccc2F)S1(=O)=O. The highest BCUT2D eigenvalue weighted by atomic mass is 32.2. The summed E-state index contributed by atoms with van der Waals surface area (Å²) < 4.78 is 56.7. The molecule has 0 saturated carbocycles. The molecule has 2 aromatic carbocycles. The summed E-state index contributed by atoms with van der Waals surface area (Å²) in [6.07, 6.45) is 0.569. The van der Waals surface area contributed by atoms with Crippen LogP contribution in [0, 0.1) is 11.6 Å². The molecule has 0 amide bonds. The van der Waals surface area contributed by atoms with E-state index in [1.165, 1.54) is 10.4 Å². The summed E-state index contributed by atoms with van der Waals surface area (Å²) in [6.45, 7) is 4.86. The summed E-state index contributed by atoms with van der Waals surface area (Å²) in [4.78, 5) is 0. The monoisotopic (exact) mass is 381 g/mol. The average Bonchev–Trinajstić information content (AvgIpc) is 2.79. The summed E-state index contributed by atoms with van der Waals surface area (Å²) in [6, 6.07) is 10.1. The summed E-state index contributed by atoms with van der Waals surface area (Å²) in [5.41, 5.74) is 0.0794. The molecule has 140 valence electrons. The molecule has 0 saturated heterocycles. The van der Waals surface area contributed by atoms with Crippen LogP contribution in [0.3, 0.4) is 0 Å². The molecule has 0 radical (unpaired) electrons. The van der Waals surface area contributed by atoms with Crippen molar-refractivity contribution in [3.8, 4) is 0 Å². The van der Waals surface area contributed by atoms with Crippen molar-refractivity contribution in [2.24, 2.45) is 0 Å². The Morgan fingerprint density at radius 1 is 1.00 bits per heavy atom. The molecule has 1 aliphatic heterocycles. The van der Waals surface area contributed by atoms with Gasteiger partial charge in [-0.05, 0) is 37.2 Å². The molecule has 3 rings (SSSR count). The summed E-state index contributed by atoms with van der Waals surface area (Å²) >= 11 is 0. The Hall–Kier alpha value is -2.19. The van der Waals surface area contributed by atoms with Crippen molar-refractivity contribution in [1.29, 1.82) is 0 Å². The predicted octanol–water partition coefficient (Wildman–Crippen LogP) is 3.56. The van der Waals surface area contributed by atoms with E-state index in [1.54, 1.807) is 24.3 Å². The maximum Gasteiger partial charge on any atom is 0.331 e. The van der Waals surface area contributed by atoms with Crippen molar-refractivity contribution < 1.29 is 17.2 Å². The number of halogens is 2. The van der Waals surface area contributed by atoms with Crippen LogP contribution in [0.1, 0.15) is 20.3 Å². The average molecular weight is 381 g/mol. The third-order valence-electron chi connectivity index (χ3n) is 4.11. The van der Waals surface area contributed by atoms with E-state index in [1.807, 2.05) is 13.8 Å². The van der Waals surface area contributed by atoms with Gasteiger partial charge in [-0.1, -0.05) is 32.0 Å². The summed E-state index contributed by atoms with van der Waals surface area (Å²) in [5, 5.41) is 3.23. The van der Waals surface area contributed by atoms with Crippen LogP contribution >= 0.6 is 0 Å². The third-order valence-corrected chi connectivity index (χ3v) is 5.89. The van der Waals surface area contributed by atoms with E-state index in [2.05, 4.69) is 5.32 Å². The predicted molar refractivity (Wildman–Crippen MR) is 99.0 cm³/mol. The Kier molecular flexibility index (Phi) is 5.15. The van der Waals surface area contributed by atoms with Crippen molar-refractivity contribution in [2.75, 3.05) is 21.7 Å². The van der Waals surface area contributed by atoms with Gasteiger partial charge in [0.05, 0.1) is 11.4 Å². The molecule has 2 aromatic rings. The zero-order chi connectivity index (χ0) is 18.9. The second-order valence-corrected chi connectivity index (χ2v) is 8.07. The van der Waals surface area contributed by atoms with Gasteiger partial charge in [0.1, 0.15) is 5.69 Å². The number of hydrogen-bond donors (Lipinski definition) is 1. The number of nitrogens with zero attached hydrogens (tertiary/aromatic N) is 2. The Balaban J connectivity index is 2.00. The zero-order valence-electron chi connectivity index (χ0n) is 14.6. The van der Waals surface area contributed by atoms with Crippen LogP contribution in [0.4, 0.5) is 25.8 Å². The second-order valence-electron chi connectivity index (χ2n) is 6.37. The molecule has 1 aliphatic rings. The first-order valence-corrected chi connectivity index (χ1v) is 9.83. The number of rotatable bonds is 6. The van der Waals surface area contributed by atoms with Crippen molar-refractivity contribution in [3.05, 3.63) is 54.1 Å². The standard InChI is InChI=1S/C18H21F2N3O2S/c1-13(2)21-11-6-12-22-16-9-3-4-10-17(16)23(26(22,24)25)18-14(19)7-5-8-15(18)20/h3-5,7-10,13,21H,6,11-12H2,1-2H3. The second kappa shape index (κ2) is 7.20. The van der Waals surface area contributed by atoms with E-state index in [0.717, 1.165) is 16.4 Å². The van der Waals surface area contributed by atoms with Crippen molar-refractivity contribution in [1.82, 2.24) is 5.32 Å². The number of para-hydroxylation sites is 3. The van der Waals surface area contributed by atoms with Crippen LogP contribution in [0.15, 0.2) is 42.5 Å². The lowest BCUT2D eigenvalue weighted by molar-refractivity contribution is 0.563. The van der Waals surface area contributed by atoms with Crippen LogP contribution in [-0.4, -0.2) is 27.5 Å². The van der Waals surface area contributed by atoms with Gasteiger partial charge in [0, 0.05) is 12.6 Å². The number of nitrogens with one attached hydrogen (secondary N) is 1. The van der Waals surface area contributed by atoms with Gasteiger partial charge < -0.3 is 5.32 Å². The Bertz CT molecular complexity index is 883. The molecule has 0 unspecified atom stereocenters. The smallest absolute Gasteiger partial charge is 0.314 e.